The van der Waals surface area contributed by atoms with Crippen LogP contribution in [0.5, 0.6) is 0 Å². The van der Waals surface area contributed by atoms with Crippen LogP contribution in [-0.4, -0.2) is 46.6 Å². The van der Waals surface area contributed by atoms with E-state index in [9.17, 15) is 19.8 Å². The van der Waals surface area contributed by atoms with Crippen LogP contribution in [0, 0.1) is 34.5 Å². The molecule has 0 spiro atoms. The third-order valence-electron chi connectivity index (χ3n) is 10.6. The fraction of sp³-hybridized carbons (Fsp3) is 0.920. The Bertz CT molecular complexity index is 742. The van der Waals surface area contributed by atoms with Crippen LogP contribution in [0.25, 0.3) is 0 Å². The number of carboxylic acids is 1. The molecule has 4 rings (SSSR count). The maximum Gasteiger partial charge on any atom is 0.407 e. The molecule has 32 heavy (non-hydrogen) atoms. The second-order valence-corrected chi connectivity index (χ2v) is 11.7. The lowest BCUT2D eigenvalue weighted by Crippen LogP contribution is -2.66. The van der Waals surface area contributed by atoms with Crippen molar-refractivity contribution in [2.24, 2.45) is 40.2 Å². The molecule has 0 aliphatic heterocycles. The summed E-state index contributed by atoms with van der Waals surface area (Å²) >= 11 is 0. The number of nitrogens with two attached hydrogens (primary N) is 1. The zero-order valence-corrected chi connectivity index (χ0v) is 19.9. The fourth-order valence-electron chi connectivity index (χ4n) is 8.42. The molecule has 0 aromatic heterocycles. The fourth-order valence-corrected chi connectivity index (χ4v) is 8.42. The van der Waals surface area contributed by atoms with Crippen LogP contribution in [0.2, 0.25) is 0 Å². The second-order valence-electron chi connectivity index (χ2n) is 11.7. The van der Waals surface area contributed by atoms with E-state index in [4.69, 9.17) is 10.5 Å². The largest absolute Gasteiger partial charge is 0.481 e. The molecule has 7 heteroatoms. The molecule has 0 bridgehead atoms. The van der Waals surface area contributed by atoms with E-state index < -0.39 is 12.1 Å². The molecule has 4 saturated carbocycles. The first-order chi connectivity index (χ1) is 15.1. The second kappa shape index (κ2) is 8.46. The maximum atomic E-state index is 12.3. The molecule has 5 N–H and O–H groups in total. The van der Waals surface area contributed by atoms with E-state index in [1.165, 1.54) is 0 Å². The third kappa shape index (κ3) is 3.54. The molecule has 7 nitrogen and oxygen atoms in total. The highest BCUT2D eigenvalue weighted by Gasteiger charge is 2.67. The van der Waals surface area contributed by atoms with Gasteiger partial charge in [-0.1, -0.05) is 20.8 Å². The van der Waals surface area contributed by atoms with Crippen LogP contribution in [0.1, 0.15) is 85.0 Å². The average Bonchev–Trinajstić information content (AvgIpc) is 3.03. The van der Waals surface area contributed by atoms with Gasteiger partial charge in [-0.05, 0) is 92.8 Å². The van der Waals surface area contributed by atoms with Crippen molar-refractivity contribution in [2.75, 3.05) is 6.61 Å². The molecule has 0 heterocycles. The van der Waals surface area contributed by atoms with Gasteiger partial charge in [0.2, 0.25) is 0 Å². The molecule has 0 radical (unpaired) electrons. The first kappa shape index (κ1) is 23.8. The molecule has 9 atom stereocenters. The van der Waals surface area contributed by atoms with E-state index in [1.807, 2.05) is 6.92 Å². The number of aliphatic hydroxyl groups is 1. The van der Waals surface area contributed by atoms with Crippen LogP contribution < -0.4 is 11.1 Å². The smallest absolute Gasteiger partial charge is 0.407 e. The van der Waals surface area contributed by atoms with Crippen molar-refractivity contribution in [3.63, 3.8) is 0 Å². The minimum atomic E-state index is -0.680. The normalized spacial score (nSPS) is 46.3. The highest BCUT2D eigenvalue weighted by Crippen LogP contribution is 2.68. The summed E-state index contributed by atoms with van der Waals surface area (Å²) in [5.41, 5.74) is 6.63. The lowest BCUT2D eigenvalue weighted by atomic mass is 9.42. The van der Waals surface area contributed by atoms with E-state index in [-0.39, 0.29) is 41.0 Å². The van der Waals surface area contributed by atoms with Gasteiger partial charge in [0.25, 0.3) is 0 Å². The number of ether oxygens (including phenoxy) is 1. The first-order valence-corrected chi connectivity index (χ1v) is 12.7. The molecule has 182 valence electrons. The summed E-state index contributed by atoms with van der Waals surface area (Å²) in [6.07, 6.45) is 8.50. The van der Waals surface area contributed by atoms with Gasteiger partial charge >= 0.3 is 12.1 Å². The predicted molar refractivity (Wildman–Crippen MR) is 121 cm³/mol. The lowest BCUT2D eigenvalue weighted by Gasteiger charge is -2.64. The van der Waals surface area contributed by atoms with Gasteiger partial charge < -0.3 is 26.0 Å². The van der Waals surface area contributed by atoms with Gasteiger partial charge in [-0.3, -0.25) is 4.79 Å². The molecule has 4 aliphatic rings. The van der Waals surface area contributed by atoms with Crippen molar-refractivity contribution in [3.8, 4) is 0 Å². The summed E-state index contributed by atoms with van der Waals surface area (Å²) < 4.78 is 5.75. The monoisotopic (exact) mass is 450 g/mol. The van der Waals surface area contributed by atoms with Crippen molar-refractivity contribution in [3.05, 3.63) is 0 Å². The Balaban J connectivity index is 1.45. The molecule has 4 unspecified atom stereocenters. The molecular weight excluding hydrogens is 408 g/mol. The Kier molecular flexibility index (Phi) is 6.29. The molecule has 4 fully saturated rings. The number of aliphatic hydroxyl groups excluding tert-OH is 1. The Morgan fingerprint density at radius 3 is 2.50 bits per heavy atom. The summed E-state index contributed by atoms with van der Waals surface area (Å²) in [6.45, 7) is 6.40. The zero-order chi connectivity index (χ0) is 23.3. The molecule has 1 amide bonds. The number of aliphatic carboxylic acids is 1. The number of amides is 1. The number of carbonyl (C=O) groups is 2. The van der Waals surface area contributed by atoms with Gasteiger partial charge in [-0.15, -0.1) is 0 Å². The minimum Gasteiger partial charge on any atom is -0.481 e. The number of alkyl carbamates (subject to hydrolysis) is 1. The maximum absolute atomic E-state index is 12.3. The summed E-state index contributed by atoms with van der Waals surface area (Å²) in [5, 5.41) is 21.9. The van der Waals surface area contributed by atoms with Crippen molar-refractivity contribution in [2.45, 2.75) is 103 Å². The van der Waals surface area contributed by atoms with Crippen LogP contribution in [0.4, 0.5) is 4.79 Å². The first-order valence-electron chi connectivity index (χ1n) is 12.7. The number of hydrogen-bond acceptors (Lipinski definition) is 5. The van der Waals surface area contributed by atoms with Crippen molar-refractivity contribution >= 4 is 12.1 Å². The van der Waals surface area contributed by atoms with Gasteiger partial charge in [0.1, 0.15) is 6.10 Å². The third-order valence-corrected chi connectivity index (χ3v) is 10.6. The summed E-state index contributed by atoms with van der Waals surface area (Å²) in [6, 6.07) is -0.259. The van der Waals surface area contributed by atoms with E-state index in [0.29, 0.717) is 30.6 Å². The Morgan fingerprint density at radius 1 is 1.09 bits per heavy atom. The number of rotatable bonds is 5. The van der Waals surface area contributed by atoms with Gasteiger partial charge in [-0.25, -0.2) is 4.79 Å². The molecule has 0 aromatic carbocycles. The lowest BCUT2D eigenvalue weighted by molar-refractivity contribution is -0.157. The van der Waals surface area contributed by atoms with Crippen molar-refractivity contribution in [1.82, 2.24) is 5.32 Å². The van der Waals surface area contributed by atoms with Crippen LogP contribution >= 0.6 is 0 Å². The van der Waals surface area contributed by atoms with Crippen LogP contribution in [0.3, 0.4) is 0 Å². The number of nitrogens with one attached hydrogen (secondary N) is 1. The molecule has 4 aliphatic carbocycles. The van der Waals surface area contributed by atoms with E-state index in [0.717, 1.165) is 51.4 Å². The standard InChI is InChI=1S/C25H42N2O5/c1-4-16(14-28)27-22(31)32-17-7-10-23(2)15(13-17)5-6-19-18(23)8-11-24(3)20(21(29)30)9-12-25(19,24)26/h15-20,28H,4-14,26H2,1-3H3,(H,27,31)(H,29,30)/t15?,16?,17?,18-,19-,20?,23+,24-,25-/m1/s1. The Morgan fingerprint density at radius 2 is 1.84 bits per heavy atom. The zero-order valence-electron chi connectivity index (χ0n) is 19.9. The van der Waals surface area contributed by atoms with Crippen molar-refractivity contribution in [1.29, 1.82) is 0 Å². The van der Waals surface area contributed by atoms with E-state index in [2.05, 4.69) is 19.2 Å². The highest BCUT2D eigenvalue weighted by molar-refractivity contribution is 5.72. The molecule has 0 aromatic rings. The average molecular weight is 451 g/mol. The van der Waals surface area contributed by atoms with Gasteiger partial charge in [0, 0.05) is 5.54 Å². The summed E-state index contributed by atoms with van der Waals surface area (Å²) in [4.78, 5) is 24.3. The Hall–Kier alpha value is -1.34. The minimum absolute atomic E-state index is 0.0793. The number of hydrogen-bond donors (Lipinski definition) is 4. The Labute approximate surface area is 191 Å². The predicted octanol–water partition coefficient (Wildman–Crippen LogP) is 3.68. The summed E-state index contributed by atoms with van der Waals surface area (Å²) in [5.74, 6) is 0.385. The number of carbonyl (C=O) groups excluding carboxylic acids is 1. The molecular formula is C25H42N2O5. The highest BCUT2D eigenvalue weighted by atomic mass is 16.6. The van der Waals surface area contributed by atoms with Crippen molar-refractivity contribution < 1.29 is 24.5 Å². The quantitative estimate of drug-likeness (QED) is 0.507. The van der Waals surface area contributed by atoms with Crippen LogP contribution in [0.15, 0.2) is 0 Å². The summed E-state index contributed by atoms with van der Waals surface area (Å²) in [7, 11) is 0. The SMILES string of the molecule is CCC(CO)NC(=O)OC1CC[C@@]2(C)C(CC[C@@H]3[C@H]2CC[C@]2(C)C(C(=O)O)CC[C@@]32N)C1. The topological polar surface area (TPSA) is 122 Å². The van der Waals surface area contributed by atoms with E-state index >= 15 is 0 Å². The number of carboxylic acid groups (broad SMARTS) is 1. The number of fused-ring (bicyclic) bond motifs is 5. The van der Waals surface area contributed by atoms with Crippen LogP contribution in [-0.2, 0) is 9.53 Å². The molecule has 0 saturated heterocycles. The van der Waals surface area contributed by atoms with Gasteiger partial charge in [-0.2, -0.15) is 0 Å². The van der Waals surface area contributed by atoms with Gasteiger partial charge in [0.05, 0.1) is 18.6 Å². The van der Waals surface area contributed by atoms with Gasteiger partial charge in [0.15, 0.2) is 0 Å². The van der Waals surface area contributed by atoms with E-state index in [1.54, 1.807) is 0 Å².